The number of aliphatic imine (C=N–C) groups is 1. The van der Waals surface area contributed by atoms with Crippen molar-refractivity contribution in [1.29, 1.82) is 0 Å². The normalized spacial score (nSPS) is 17.2. The highest BCUT2D eigenvalue weighted by molar-refractivity contribution is 5.59. The monoisotopic (exact) mass is 126 g/mol. The fraction of sp³-hybridized carbons (Fsp3) is 0.500. The lowest BCUT2D eigenvalue weighted by Gasteiger charge is -2.07. The lowest BCUT2D eigenvalue weighted by molar-refractivity contribution is 0.273. The molecule has 0 atom stereocenters. The third-order valence-electron chi connectivity index (χ3n) is 1.18. The maximum absolute atomic E-state index is 8.41. The van der Waals surface area contributed by atoms with Crippen molar-refractivity contribution in [2.75, 3.05) is 6.73 Å². The molecule has 1 rings (SSSR count). The van der Waals surface area contributed by atoms with Gasteiger partial charge < -0.3 is 10.4 Å². The van der Waals surface area contributed by atoms with Crippen molar-refractivity contribution >= 4 is 6.21 Å². The first-order valence-electron chi connectivity index (χ1n) is 2.99. The maximum Gasteiger partial charge on any atom is 0.113 e. The number of nitrogens with zero attached hydrogens (tertiary/aromatic N) is 1. The Morgan fingerprint density at radius 3 is 3.22 bits per heavy atom. The molecule has 0 saturated heterocycles. The van der Waals surface area contributed by atoms with E-state index in [4.69, 9.17) is 5.11 Å². The van der Waals surface area contributed by atoms with Crippen LogP contribution < -0.4 is 5.32 Å². The fourth-order valence-electron chi connectivity index (χ4n) is 0.737. The summed E-state index contributed by atoms with van der Waals surface area (Å²) < 4.78 is 0. The first-order valence-corrected chi connectivity index (χ1v) is 2.99. The van der Waals surface area contributed by atoms with Gasteiger partial charge in [-0.2, -0.15) is 0 Å². The molecule has 9 heavy (non-hydrogen) atoms. The van der Waals surface area contributed by atoms with E-state index in [9.17, 15) is 0 Å². The number of aliphatic hydroxyl groups excluding tert-OH is 1. The highest BCUT2D eigenvalue weighted by Crippen LogP contribution is 2.03. The van der Waals surface area contributed by atoms with Crippen LogP contribution in [0.5, 0.6) is 0 Å². The minimum atomic E-state index is 0.00134. The summed E-state index contributed by atoms with van der Waals surface area (Å²) in [5.41, 5.74) is 1.01. The van der Waals surface area contributed by atoms with E-state index in [1.807, 2.05) is 6.21 Å². The van der Waals surface area contributed by atoms with E-state index in [-0.39, 0.29) is 6.73 Å². The zero-order valence-electron chi connectivity index (χ0n) is 5.17. The van der Waals surface area contributed by atoms with Gasteiger partial charge in [-0.3, -0.25) is 4.99 Å². The van der Waals surface area contributed by atoms with Crippen LogP contribution in [0.1, 0.15) is 12.8 Å². The molecule has 0 bridgehead atoms. The molecule has 0 aromatic carbocycles. The summed E-state index contributed by atoms with van der Waals surface area (Å²) in [5, 5.41) is 11.2. The summed E-state index contributed by atoms with van der Waals surface area (Å²) in [6.07, 6.45) is 5.53. The third kappa shape index (κ3) is 1.85. The quantitative estimate of drug-likeness (QED) is 0.520. The Balaban J connectivity index is 2.38. The van der Waals surface area contributed by atoms with Gasteiger partial charge in [0.15, 0.2) is 0 Å². The number of nitrogens with one attached hydrogen (secondary N) is 1. The van der Waals surface area contributed by atoms with E-state index in [0.717, 1.165) is 18.5 Å². The second-order valence-electron chi connectivity index (χ2n) is 1.86. The molecule has 0 radical (unpaired) electrons. The van der Waals surface area contributed by atoms with Gasteiger partial charge in [0.25, 0.3) is 0 Å². The molecule has 1 aliphatic rings. The van der Waals surface area contributed by atoms with Crippen LogP contribution in [0.25, 0.3) is 0 Å². The van der Waals surface area contributed by atoms with E-state index < -0.39 is 0 Å². The van der Waals surface area contributed by atoms with Crippen LogP contribution in [-0.2, 0) is 0 Å². The molecular formula is C6H10N2O. The molecule has 1 heterocycles. The molecular weight excluding hydrogens is 116 g/mol. The van der Waals surface area contributed by atoms with Gasteiger partial charge in [0, 0.05) is 18.1 Å². The number of hydrogen-bond donors (Lipinski definition) is 2. The van der Waals surface area contributed by atoms with E-state index >= 15 is 0 Å². The van der Waals surface area contributed by atoms with Crippen LogP contribution in [0.15, 0.2) is 16.9 Å². The standard InChI is InChI=1S/C6H10N2O/c9-5-8-6-2-1-3-7-4-6/h3-4,8-9H,1-2,5H2. The molecule has 1 aliphatic heterocycles. The zero-order valence-corrected chi connectivity index (χ0v) is 5.17. The van der Waals surface area contributed by atoms with Crippen LogP contribution in [0.3, 0.4) is 0 Å². The van der Waals surface area contributed by atoms with Gasteiger partial charge in [-0.25, -0.2) is 0 Å². The van der Waals surface area contributed by atoms with Crippen molar-refractivity contribution in [2.24, 2.45) is 4.99 Å². The molecule has 0 amide bonds. The predicted octanol–water partition coefficient (Wildman–Crippen LogP) is 0.232. The van der Waals surface area contributed by atoms with Crippen LogP contribution in [0, 0.1) is 0 Å². The molecule has 3 heteroatoms. The smallest absolute Gasteiger partial charge is 0.113 e. The Morgan fingerprint density at radius 2 is 2.67 bits per heavy atom. The van der Waals surface area contributed by atoms with Crippen molar-refractivity contribution in [2.45, 2.75) is 12.8 Å². The van der Waals surface area contributed by atoms with E-state index in [0.29, 0.717) is 0 Å². The average Bonchev–Trinajstić information content (AvgIpc) is 1.91. The summed E-state index contributed by atoms with van der Waals surface area (Å²) in [6, 6.07) is 0. The van der Waals surface area contributed by atoms with E-state index in [1.54, 1.807) is 6.20 Å². The molecule has 0 unspecified atom stereocenters. The number of aliphatic hydroxyl groups is 1. The largest absolute Gasteiger partial charge is 0.377 e. The fourth-order valence-corrected chi connectivity index (χ4v) is 0.737. The zero-order chi connectivity index (χ0) is 6.53. The average molecular weight is 126 g/mol. The molecule has 0 saturated carbocycles. The van der Waals surface area contributed by atoms with Gasteiger partial charge in [0.05, 0.1) is 0 Å². The minimum absolute atomic E-state index is 0.00134. The number of allylic oxidation sites excluding steroid dienone is 1. The van der Waals surface area contributed by atoms with Crippen LogP contribution in [0.4, 0.5) is 0 Å². The molecule has 0 aliphatic carbocycles. The molecule has 3 nitrogen and oxygen atoms in total. The molecule has 0 aromatic rings. The Hall–Kier alpha value is -0.830. The molecule has 0 aromatic heterocycles. The summed E-state index contributed by atoms with van der Waals surface area (Å²) >= 11 is 0. The second kappa shape index (κ2) is 3.25. The summed E-state index contributed by atoms with van der Waals surface area (Å²) in [4.78, 5) is 3.92. The maximum atomic E-state index is 8.41. The second-order valence-corrected chi connectivity index (χ2v) is 1.86. The Kier molecular flexibility index (Phi) is 2.27. The molecule has 50 valence electrons. The SMILES string of the molecule is OCNC1=CN=CCC1. The van der Waals surface area contributed by atoms with Gasteiger partial charge in [-0.15, -0.1) is 0 Å². The Morgan fingerprint density at radius 1 is 1.78 bits per heavy atom. The first-order chi connectivity index (χ1) is 4.43. The third-order valence-corrected chi connectivity index (χ3v) is 1.18. The van der Waals surface area contributed by atoms with Gasteiger partial charge in [-0.05, 0) is 12.8 Å². The lowest BCUT2D eigenvalue weighted by atomic mass is 10.2. The highest BCUT2D eigenvalue weighted by Gasteiger charge is 1.96. The predicted molar refractivity (Wildman–Crippen MR) is 36.0 cm³/mol. The highest BCUT2D eigenvalue weighted by atomic mass is 16.3. The number of rotatable bonds is 2. The van der Waals surface area contributed by atoms with Crippen molar-refractivity contribution in [3.63, 3.8) is 0 Å². The van der Waals surface area contributed by atoms with Crippen molar-refractivity contribution in [1.82, 2.24) is 5.32 Å². The van der Waals surface area contributed by atoms with Crippen LogP contribution in [-0.4, -0.2) is 18.1 Å². The van der Waals surface area contributed by atoms with E-state index in [1.165, 1.54) is 0 Å². The molecule has 0 spiro atoms. The lowest BCUT2D eigenvalue weighted by Crippen LogP contribution is -2.15. The molecule has 2 N–H and O–H groups in total. The van der Waals surface area contributed by atoms with Gasteiger partial charge >= 0.3 is 0 Å². The first kappa shape index (κ1) is 6.29. The van der Waals surface area contributed by atoms with Gasteiger partial charge in [0.2, 0.25) is 0 Å². The Labute approximate surface area is 54.1 Å². The van der Waals surface area contributed by atoms with Crippen molar-refractivity contribution in [3.05, 3.63) is 11.9 Å². The van der Waals surface area contributed by atoms with E-state index in [2.05, 4.69) is 10.3 Å². The number of hydrogen-bond acceptors (Lipinski definition) is 3. The van der Waals surface area contributed by atoms with Crippen molar-refractivity contribution < 1.29 is 5.11 Å². The van der Waals surface area contributed by atoms with Crippen LogP contribution >= 0.6 is 0 Å². The summed E-state index contributed by atoms with van der Waals surface area (Å²) in [6.45, 7) is 0.00134. The van der Waals surface area contributed by atoms with Gasteiger partial charge in [0.1, 0.15) is 6.73 Å². The Bertz CT molecular complexity index is 140. The molecule has 0 fully saturated rings. The van der Waals surface area contributed by atoms with Crippen LogP contribution in [0.2, 0.25) is 0 Å². The topological polar surface area (TPSA) is 44.6 Å². The summed E-state index contributed by atoms with van der Waals surface area (Å²) in [7, 11) is 0. The van der Waals surface area contributed by atoms with Crippen molar-refractivity contribution in [3.8, 4) is 0 Å². The van der Waals surface area contributed by atoms with Gasteiger partial charge in [-0.1, -0.05) is 0 Å². The summed E-state index contributed by atoms with van der Waals surface area (Å²) in [5.74, 6) is 0. The minimum Gasteiger partial charge on any atom is -0.377 e.